The minimum absolute atomic E-state index is 0.00190. The lowest BCUT2D eigenvalue weighted by Crippen LogP contribution is -2.31. The van der Waals surface area contributed by atoms with E-state index in [0.717, 1.165) is 55.0 Å². The molecule has 3 aromatic rings. The number of alkyl halides is 2. The Kier molecular flexibility index (Phi) is 7.10. The first-order valence-corrected chi connectivity index (χ1v) is 9.49. The van der Waals surface area contributed by atoms with Gasteiger partial charge in [0.05, 0.1) is 18.0 Å². The first-order valence-electron chi connectivity index (χ1n) is 9.09. The van der Waals surface area contributed by atoms with Crippen molar-refractivity contribution in [2.75, 3.05) is 18.8 Å². The molecule has 0 amide bonds. The van der Waals surface area contributed by atoms with E-state index >= 15 is 0 Å². The molecule has 1 saturated heterocycles. The first-order chi connectivity index (χ1) is 14.2. The number of piperidine rings is 1. The van der Waals surface area contributed by atoms with Crippen LogP contribution in [0.3, 0.4) is 0 Å². The van der Waals surface area contributed by atoms with Gasteiger partial charge in [-0.1, -0.05) is 12.8 Å². The molecule has 4 rings (SSSR count). The zero-order chi connectivity index (χ0) is 21.8. The van der Waals surface area contributed by atoms with Gasteiger partial charge in [-0.05, 0) is 24.5 Å². The van der Waals surface area contributed by atoms with Gasteiger partial charge in [-0.3, -0.25) is 9.29 Å². The Morgan fingerprint density at radius 3 is 2.57 bits per heavy atom. The molecule has 3 aromatic heterocycles. The van der Waals surface area contributed by atoms with Gasteiger partial charge in [-0.2, -0.15) is 0 Å². The molecule has 1 fully saturated rings. The molecule has 7 nitrogen and oxygen atoms in total. The van der Waals surface area contributed by atoms with Crippen LogP contribution in [0.25, 0.3) is 16.9 Å². The highest BCUT2D eigenvalue weighted by atomic mass is 32.1. The Balaban J connectivity index is 0.000000269. The average molecular weight is 444 g/mol. The first kappa shape index (κ1) is 22.2. The smallest absolute Gasteiger partial charge is 0.242 e. The van der Waals surface area contributed by atoms with E-state index in [1.165, 1.54) is 0 Å². The Morgan fingerprint density at radius 2 is 1.97 bits per heavy atom. The summed E-state index contributed by atoms with van der Waals surface area (Å²) in [6.45, 7) is 1.74. The van der Waals surface area contributed by atoms with E-state index in [0.29, 0.717) is 0 Å². The fourth-order valence-corrected chi connectivity index (χ4v) is 3.36. The minimum atomic E-state index is -2.61. The maximum absolute atomic E-state index is 14.1. The quantitative estimate of drug-likeness (QED) is 0.425. The standard InChI is InChI=1S/C13H9F4N5.C5H11NOS/c14-7-3-9(22-10(7)5-20-13(18)21-22)12-8(15)1-6(4-19-12)2-11(16)17;7-5-2-1-3-6(8)4-5/h1,3-5,11H,2H2,(H2,18,21);5,7-8H,1-4H2. The van der Waals surface area contributed by atoms with Crippen LogP contribution < -0.4 is 5.73 Å². The number of β-amino-alcohol motifs (C(OH)–C–C–N with tert-alkyl or cyclic N) is 1. The normalized spacial score (nSPS) is 17.2. The van der Waals surface area contributed by atoms with E-state index in [4.69, 9.17) is 10.8 Å². The summed E-state index contributed by atoms with van der Waals surface area (Å²) < 4.78 is 55.4. The van der Waals surface area contributed by atoms with Crippen molar-refractivity contribution in [3.63, 3.8) is 0 Å². The third-order valence-corrected chi connectivity index (χ3v) is 4.75. The van der Waals surface area contributed by atoms with Gasteiger partial charge < -0.3 is 10.8 Å². The van der Waals surface area contributed by atoms with Gasteiger partial charge in [-0.15, -0.1) is 5.10 Å². The number of halogens is 4. The molecule has 0 bridgehead atoms. The molecule has 162 valence electrons. The molecule has 0 spiro atoms. The summed E-state index contributed by atoms with van der Waals surface area (Å²) in [5, 5.41) is 12.8. The summed E-state index contributed by atoms with van der Waals surface area (Å²) in [6, 6.07) is 1.97. The number of rotatable bonds is 3. The molecule has 4 heterocycles. The number of pyridine rings is 1. The third kappa shape index (κ3) is 5.37. The van der Waals surface area contributed by atoms with Gasteiger partial charge in [0.15, 0.2) is 11.6 Å². The maximum atomic E-state index is 14.1. The number of nitrogens with zero attached hydrogens (tertiary/aromatic N) is 5. The molecule has 1 unspecified atom stereocenters. The van der Waals surface area contributed by atoms with Gasteiger partial charge in [0.2, 0.25) is 12.4 Å². The highest BCUT2D eigenvalue weighted by molar-refractivity contribution is 7.77. The zero-order valence-electron chi connectivity index (χ0n) is 15.7. The number of aromatic nitrogens is 4. The predicted octanol–water partition coefficient (Wildman–Crippen LogP) is 2.75. The molecular weight excluding hydrogens is 424 g/mol. The lowest BCUT2D eigenvalue weighted by molar-refractivity contribution is 0.113. The van der Waals surface area contributed by atoms with Gasteiger partial charge in [-0.25, -0.2) is 27.1 Å². The number of hydrogen-bond donors (Lipinski definition) is 3. The lowest BCUT2D eigenvalue weighted by Gasteiger charge is -2.24. The number of nitrogen functional groups attached to an aromatic ring is 1. The van der Waals surface area contributed by atoms with E-state index in [9.17, 15) is 17.6 Å². The number of hydrogen-bond acceptors (Lipinski definition) is 7. The van der Waals surface area contributed by atoms with E-state index in [-0.39, 0.29) is 34.5 Å². The second-order valence-electron chi connectivity index (χ2n) is 6.77. The summed E-state index contributed by atoms with van der Waals surface area (Å²) >= 11 is 4.09. The van der Waals surface area contributed by atoms with Crippen molar-refractivity contribution >= 4 is 24.3 Å². The Labute approximate surface area is 175 Å². The van der Waals surface area contributed by atoms with Gasteiger partial charge >= 0.3 is 0 Å². The zero-order valence-corrected chi connectivity index (χ0v) is 16.6. The van der Waals surface area contributed by atoms with Gasteiger partial charge in [0, 0.05) is 31.8 Å². The largest absolute Gasteiger partial charge is 0.392 e. The molecule has 30 heavy (non-hydrogen) atoms. The molecular formula is C18H20F4N6OS. The predicted molar refractivity (Wildman–Crippen MR) is 106 cm³/mol. The number of fused-ring (bicyclic) bond motifs is 1. The Bertz CT molecular complexity index is 1010. The number of thiol groups is 1. The van der Waals surface area contributed by atoms with Crippen molar-refractivity contribution in [2.45, 2.75) is 31.8 Å². The maximum Gasteiger partial charge on any atom is 0.242 e. The molecule has 3 N–H and O–H groups in total. The number of aliphatic hydroxyl groups excluding tert-OH is 1. The van der Waals surface area contributed by atoms with Crippen LogP contribution in [0.4, 0.5) is 23.5 Å². The number of nitrogens with two attached hydrogens (primary N) is 1. The van der Waals surface area contributed by atoms with Crippen LogP contribution in [0.5, 0.6) is 0 Å². The average Bonchev–Trinajstić information content (AvgIpc) is 2.97. The molecule has 12 heteroatoms. The molecule has 1 aliphatic rings. The van der Waals surface area contributed by atoms with E-state index in [2.05, 4.69) is 27.9 Å². The van der Waals surface area contributed by atoms with Crippen LogP contribution in [0.2, 0.25) is 0 Å². The van der Waals surface area contributed by atoms with Crippen LogP contribution in [-0.2, 0) is 6.42 Å². The van der Waals surface area contributed by atoms with E-state index < -0.39 is 24.5 Å². The van der Waals surface area contributed by atoms with Crippen LogP contribution in [-0.4, -0.2) is 54.6 Å². The fourth-order valence-electron chi connectivity index (χ4n) is 3.03. The fraction of sp³-hybridized carbons (Fsp3) is 0.389. The summed E-state index contributed by atoms with van der Waals surface area (Å²) in [5.41, 5.74) is 5.29. The van der Waals surface area contributed by atoms with Crippen molar-refractivity contribution in [2.24, 2.45) is 0 Å². The topological polar surface area (TPSA) is 92.6 Å². The molecule has 1 aliphatic heterocycles. The second kappa shape index (κ2) is 9.58. The number of aliphatic hydroxyl groups is 1. The SMILES string of the molecule is Nc1ncc2c(F)cc(-c3ncc(CC(F)F)cc3F)n2n1.OC1CCCN(S)C1. The molecule has 0 saturated carbocycles. The van der Waals surface area contributed by atoms with Crippen molar-refractivity contribution in [3.8, 4) is 11.4 Å². The van der Waals surface area contributed by atoms with Crippen LogP contribution >= 0.6 is 12.8 Å². The monoisotopic (exact) mass is 444 g/mol. The van der Waals surface area contributed by atoms with E-state index in [1.807, 2.05) is 4.31 Å². The Hall–Kier alpha value is -2.44. The van der Waals surface area contributed by atoms with Crippen molar-refractivity contribution in [3.05, 3.63) is 41.7 Å². The van der Waals surface area contributed by atoms with Gasteiger partial charge in [0.25, 0.3) is 0 Å². The second-order valence-corrected chi connectivity index (χ2v) is 7.33. The molecule has 1 atom stereocenters. The highest BCUT2D eigenvalue weighted by Crippen LogP contribution is 2.26. The van der Waals surface area contributed by atoms with Crippen molar-refractivity contribution in [1.82, 2.24) is 23.9 Å². The summed E-state index contributed by atoms with van der Waals surface area (Å²) in [7, 11) is 0. The third-order valence-electron chi connectivity index (χ3n) is 4.39. The highest BCUT2D eigenvalue weighted by Gasteiger charge is 2.18. The number of anilines is 1. The molecule has 0 aliphatic carbocycles. The van der Waals surface area contributed by atoms with Gasteiger partial charge in [0.1, 0.15) is 11.2 Å². The van der Waals surface area contributed by atoms with Crippen molar-refractivity contribution in [1.29, 1.82) is 0 Å². The minimum Gasteiger partial charge on any atom is -0.392 e. The van der Waals surface area contributed by atoms with E-state index in [1.54, 1.807) is 0 Å². The summed E-state index contributed by atoms with van der Waals surface area (Å²) in [4.78, 5) is 7.45. The molecule has 0 aromatic carbocycles. The lowest BCUT2D eigenvalue weighted by atomic mass is 10.1. The Morgan fingerprint density at radius 1 is 1.20 bits per heavy atom. The summed E-state index contributed by atoms with van der Waals surface area (Å²) in [5.74, 6) is -1.65. The van der Waals surface area contributed by atoms with Crippen molar-refractivity contribution < 1.29 is 22.7 Å². The van der Waals surface area contributed by atoms with Crippen LogP contribution in [0.15, 0.2) is 24.5 Å². The van der Waals surface area contributed by atoms with Crippen LogP contribution in [0, 0.1) is 11.6 Å². The molecule has 0 radical (unpaired) electrons. The van der Waals surface area contributed by atoms with Crippen LogP contribution in [0.1, 0.15) is 18.4 Å². The summed E-state index contributed by atoms with van der Waals surface area (Å²) in [6.07, 6.45) is 0.938.